The summed E-state index contributed by atoms with van der Waals surface area (Å²) in [5.74, 6) is 0.222. The van der Waals surface area contributed by atoms with E-state index in [1.54, 1.807) is 12.1 Å². The van der Waals surface area contributed by atoms with Crippen molar-refractivity contribution in [3.63, 3.8) is 0 Å². The van der Waals surface area contributed by atoms with Crippen LogP contribution in [0, 0.1) is 6.92 Å². The van der Waals surface area contributed by atoms with Gasteiger partial charge in [-0.1, -0.05) is 0 Å². The molecular formula is C13H20N2O3. The van der Waals surface area contributed by atoms with Crippen LogP contribution in [-0.4, -0.2) is 52.0 Å². The van der Waals surface area contributed by atoms with Gasteiger partial charge in [0.25, 0.3) is 0 Å². The third-order valence-corrected chi connectivity index (χ3v) is 3.28. The zero-order chi connectivity index (χ0) is 13.1. The van der Waals surface area contributed by atoms with Gasteiger partial charge in [0.2, 0.25) is 0 Å². The summed E-state index contributed by atoms with van der Waals surface area (Å²) in [6, 6.07) is 3.72. The molecule has 5 nitrogen and oxygen atoms in total. The number of morpholine rings is 1. The fourth-order valence-electron chi connectivity index (χ4n) is 2.12. The minimum atomic E-state index is -0.145. The number of nitrogens with zero attached hydrogens (tertiary/aromatic N) is 2. The first-order valence-electron chi connectivity index (χ1n) is 6.22. The quantitative estimate of drug-likeness (QED) is 0.828. The number of ether oxygens (including phenoxy) is 1. The second kappa shape index (κ2) is 5.65. The average molecular weight is 252 g/mol. The van der Waals surface area contributed by atoms with Crippen LogP contribution >= 0.6 is 0 Å². The lowest BCUT2D eigenvalue weighted by Crippen LogP contribution is -2.48. The summed E-state index contributed by atoms with van der Waals surface area (Å²) in [6.45, 7) is 5.83. The van der Waals surface area contributed by atoms with Crippen LogP contribution in [-0.2, 0) is 11.3 Å². The number of aliphatic hydroxyl groups excluding tert-OH is 1. The van der Waals surface area contributed by atoms with E-state index >= 15 is 0 Å². The first-order valence-corrected chi connectivity index (χ1v) is 6.22. The minimum absolute atomic E-state index is 0.0243. The van der Waals surface area contributed by atoms with Crippen LogP contribution in [0.2, 0.25) is 0 Å². The highest BCUT2D eigenvalue weighted by atomic mass is 16.5. The van der Waals surface area contributed by atoms with Gasteiger partial charge in [0.15, 0.2) is 0 Å². The van der Waals surface area contributed by atoms with Gasteiger partial charge < -0.3 is 14.9 Å². The Balaban J connectivity index is 2.09. The van der Waals surface area contributed by atoms with Crippen molar-refractivity contribution < 1.29 is 14.9 Å². The second-order valence-corrected chi connectivity index (χ2v) is 4.83. The summed E-state index contributed by atoms with van der Waals surface area (Å²) >= 11 is 0. The Hall–Kier alpha value is -1.17. The van der Waals surface area contributed by atoms with Crippen molar-refractivity contribution in [2.24, 2.45) is 0 Å². The average Bonchev–Trinajstić information content (AvgIpc) is 2.36. The Morgan fingerprint density at radius 2 is 2.28 bits per heavy atom. The molecule has 0 radical (unpaired) electrons. The zero-order valence-corrected chi connectivity index (χ0v) is 10.8. The van der Waals surface area contributed by atoms with Crippen molar-refractivity contribution in [2.75, 3.05) is 19.8 Å². The summed E-state index contributed by atoms with van der Waals surface area (Å²) in [4.78, 5) is 6.53. The maximum Gasteiger partial charge on any atom is 0.138 e. The van der Waals surface area contributed by atoms with Gasteiger partial charge in [-0.2, -0.15) is 0 Å². The molecule has 18 heavy (non-hydrogen) atoms. The highest BCUT2D eigenvalue weighted by Gasteiger charge is 2.26. The molecule has 1 aliphatic rings. The highest BCUT2D eigenvalue weighted by molar-refractivity contribution is 5.27. The van der Waals surface area contributed by atoms with Crippen molar-refractivity contribution in [2.45, 2.75) is 32.5 Å². The van der Waals surface area contributed by atoms with Gasteiger partial charge in [0.05, 0.1) is 25.0 Å². The number of hydrogen-bond donors (Lipinski definition) is 2. The Labute approximate surface area is 107 Å². The molecule has 2 atom stereocenters. The van der Waals surface area contributed by atoms with Crippen LogP contribution in [0.3, 0.4) is 0 Å². The SMILES string of the molecule is Cc1ccc(O)c(CN2CC(CO)OCC2C)n1. The zero-order valence-electron chi connectivity index (χ0n) is 10.8. The Kier molecular flexibility index (Phi) is 4.16. The largest absolute Gasteiger partial charge is 0.506 e. The molecule has 1 aliphatic heterocycles. The van der Waals surface area contributed by atoms with E-state index in [0.29, 0.717) is 25.4 Å². The molecule has 0 aliphatic carbocycles. The summed E-state index contributed by atoms with van der Waals surface area (Å²) in [5.41, 5.74) is 1.57. The number of aryl methyl sites for hydroxylation is 1. The predicted molar refractivity (Wildman–Crippen MR) is 67.3 cm³/mol. The van der Waals surface area contributed by atoms with E-state index in [0.717, 1.165) is 5.69 Å². The van der Waals surface area contributed by atoms with E-state index < -0.39 is 0 Å². The Morgan fingerprint density at radius 3 is 3.00 bits per heavy atom. The fourth-order valence-corrected chi connectivity index (χ4v) is 2.12. The number of hydrogen-bond acceptors (Lipinski definition) is 5. The monoisotopic (exact) mass is 252 g/mol. The molecule has 1 saturated heterocycles. The lowest BCUT2D eigenvalue weighted by Gasteiger charge is -2.37. The van der Waals surface area contributed by atoms with Gasteiger partial charge in [-0.3, -0.25) is 9.88 Å². The normalized spacial score (nSPS) is 25.3. The number of aromatic hydroxyl groups is 1. The van der Waals surface area contributed by atoms with E-state index in [1.165, 1.54) is 0 Å². The van der Waals surface area contributed by atoms with Crippen LogP contribution in [0.15, 0.2) is 12.1 Å². The van der Waals surface area contributed by atoms with Crippen molar-refractivity contribution in [3.05, 3.63) is 23.5 Å². The molecule has 0 aromatic carbocycles. The van der Waals surface area contributed by atoms with Crippen LogP contribution in [0.25, 0.3) is 0 Å². The number of aromatic nitrogens is 1. The minimum Gasteiger partial charge on any atom is -0.506 e. The first kappa shape index (κ1) is 13.3. The maximum atomic E-state index is 9.81. The number of rotatable bonds is 3. The fraction of sp³-hybridized carbons (Fsp3) is 0.615. The molecule has 100 valence electrons. The summed E-state index contributed by atoms with van der Waals surface area (Å²) < 4.78 is 5.49. The smallest absolute Gasteiger partial charge is 0.138 e. The van der Waals surface area contributed by atoms with Crippen molar-refractivity contribution in [1.82, 2.24) is 9.88 Å². The molecule has 2 unspecified atom stereocenters. The van der Waals surface area contributed by atoms with E-state index in [1.807, 2.05) is 6.92 Å². The third kappa shape index (κ3) is 2.98. The van der Waals surface area contributed by atoms with Gasteiger partial charge in [0, 0.05) is 24.8 Å². The number of pyridine rings is 1. The molecule has 1 aromatic rings. The van der Waals surface area contributed by atoms with Gasteiger partial charge >= 0.3 is 0 Å². The van der Waals surface area contributed by atoms with Gasteiger partial charge in [-0.15, -0.1) is 0 Å². The van der Waals surface area contributed by atoms with Gasteiger partial charge in [-0.25, -0.2) is 0 Å². The molecule has 1 aromatic heterocycles. The van der Waals surface area contributed by atoms with Crippen LogP contribution in [0.1, 0.15) is 18.3 Å². The van der Waals surface area contributed by atoms with Gasteiger partial charge in [0.1, 0.15) is 5.75 Å². The topological polar surface area (TPSA) is 65.8 Å². The van der Waals surface area contributed by atoms with E-state index in [9.17, 15) is 5.11 Å². The molecule has 5 heteroatoms. The summed E-state index contributed by atoms with van der Waals surface area (Å²) in [6.07, 6.45) is -0.145. The molecule has 0 bridgehead atoms. The molecule has 0 amide bonds. The lowest BCUT2D eigenvalue weighted by molar-refractivity contribution is -0.0810. The Morgan fingerprint density at radius 1 is 1.50 bits per heavy atom. The third-order valence-electron chi connectivity index (χ3n) is 3.28. The summed E-state index contributed by atoms with van der Waals surface area (Å²) in [5, 5.41) is 18.9. The van der Waals surface area contributed by atoms with Crippen LogP contribution in [0.5, 0.6) is 5.75 Å². The predicted octanol–water partition coefficient (Wildman–Crippen LogP) is 0.677. The van der Waals surface area contributed by atoms with Crippen molar-refractivity contribution >= 4 is 0 Å². The van der Waals surface area contributed by atoms with Gasteiger partial charge in [-0.05, 0) is 26.0 Å². The molecule has 2 rings (SSSR count). The standard InChI is InChI=1S/C13H20N2O3/c1-9-3-4-13(17)12(14-9)6-15-5-11(7-16)18-8-10(15)2/h3-4,10-11,16-17H,5-8H2,1-2H3. The van der Waals surface area contributed by atoms with Crippen molar-refractivity contribution in [3.8, 4) is 5.75 Å². The second-order valence-electron chi connectivity index (χ2n) is 4.83. The number of aliphatic hydroxyl groups is 1. The van der Waals surface area contributed by atoms with Crippen LogP contribution in [0.4, 0.5) is 0 Å². The van der Waals surface area contributed by atoms with Crippen molar-refractivity contribution in [1.29, 1.82) is 0 Å². The molecular weight excluding hydrogens is 232 g/mol. The van der Waals surface area contributed by atoms with E-state index in [-0.39, 0.29) is 24.5 Å². The van der Waals surface area contributed by atoms with Crippen LogP contribution < -0.4 is 0 Å². The highest BCUT2D eigenvalue weighted by Crippen LogP contribution is 2.20. The molecule has 0 spiro atoms. The maximum absolute atomic E-state index is 9.81. The van der Waals surface area contributed by atoms with E-state index in [4.69, 9.17) is 9.84 Å². The Bertz CT molecular complexity index is 411. The molecule has 2 N–H and O–H groups in total. The lowest BCUT2D eigenvalue weighted by atomic mass is 10.1. The molecule has 0 saturated carbocycles. The summed E-state index contributed by atoms with van der Waals surface area (Å²) in [7, 11) is 0. The molecule has 2 heterocycles. The van der Waals surface area contributed by atoms with E-state index in [2.05, 4.69) is 16.8 Å². The first-order chi connectivity index (χ1) is 8.60. The molecule has 1 fully saturated rings.